The van der Waals surface area contributed by atoms with Gasteiger partial charge in [-0.05, 0) is 46.0 Å². The van der Waals surface area contributed by atoms with E-state index < -0.39 is 0 Å². The normalized spacial score (nSPS) is 27.8. The van der Waals surface area contributed by atoms with Crippen LogP contribution in [0.1, 0.15) is 58.8 Å². The Labute approximate surface area is 180 Å². The number of halogens is 1. The summed E-state index contributed by atoms with van der Waals surface area (Å²) in [5.74, 6) is 0.980. The molecule has 1 N–H and O–H groups in total. The lowest BCUT2D eigenvalue weighted by Crippen LogP contribution is -2.65. The van der Waals surface area contributed by atoms with Gasteiger partial charge < -0.3 is 19.7 Å². The van der Waals surface area contributed by atoms with E-state index in [0.29, 0.717) is 24.2 Å². The van der Waals surface area contributed by atoms with E-state index in [-0.39, 0.29) is 35.9 Å². The molecule has 0 aromatic rings. The second kappa shape index (κ2) is 10.3. The summed E-state index contributed by atoms with van der Waals surface area (Å²) in [7, 11) is 1.86. The molecule has 27 heavy (non-hydrogen) atoms. The van der Waals surface area contributed by atoms with Gasteiger partial charge in [-0.1, -0.05) is 12.8 Å². The van der Waals surface area contributed by atoms with Crippen LogP contribution in [0.4, 0.5) is 0 Å². The van der Waals surface area contributed by atoms with Gasteiger partial charge in [0, 0.05) is 38.2 Å². The molecule has 1 saturated heterocycles. The fourth-order valence-corrected chi connectivity index (χ4v) is 5.13. The molecular weight excluding hydrogens is 457 g/mol. The molecule has 0 aromatic carbocycles. The van der Waals surface area contributed by atoms with Crippen LogP contribution in [0.5, 0.6) is 0 Å². The van der Waals surface area contributed by atoms with E-state index in [4.69, 9.17) is 9.47 Å². The quantitative estimate of drug-likeness (QED) is 0.276. The highest BCUT2D eigenvalue weighted by Gasteiger charge is 2.57. The van der Waals surface area contributed by atoms with Crippen molar-refractivity contribution in [1.29, 1.82) is 0 Å². The summed E-state index contributed by atoms with van der Waals surface area (Å²) < 4.78 is 11.2. The summed E-state index contributed by atoms with van der Waals surface area (Å²) in [6.45, 7) is 6.94. The van der Waals surface area contributed by atoms with Crippen LogP contribution < -0.4 is 5.32 Å². The number of piperidine rings is 1. The average molecular weight is 493 g/mol. The molecule has 3 aliphatic rings. The SMILES string of the molecule is CCOC(=O)C1CCN(C(=NC)NC2CC(OCC)C23CCCC3)CC1.I. The summed E-state index contributed by atoms with van der Waals surface area (Å²) >= 11 is 0. The number of esters is 1. The summed E-state index contributed by atoms with van der Waals surface area (Å²) in [6, 6.07) is 0.461. The van der Waals surface area contributed by atoms with Gasteiger partial charge in [0.2, 0.25) is 0 Å². The number of aliphatic imine (C=N–C) groups is 1. The lowest BCUT2D eigenvalue weighted by molar-refractivity contribution is -0.149. The zero-order valence-electron chi connectivity index (χ0n) is 17.0. The Kier molecular flexibility index (Phi) is 8.65. The molecule has 2 saturated carbocycles. The number of nitrogens with one attached hydrogen (secondary N) is 1. The Morgan fingerprint density at radius 3 is 2.41 bits per heavy atom. The Hall–Kier alpha value is -0.570. The van der Waals surface area contributed by atoms with Crippen LogP contribution in [-0.4, -0.2) is 62.3 Å². The molecule has 2 aliphatic carbocycles. The minimum absolute atomic E-state index is 0. The summed E-state index contributed by atoms with van der Waals surface area (Å²) in [4.78, 5) is 18.8. The fourth-order valence-electron chi connectivity index (χ4n) is 5.13. The number of carbonyl (C=O) groups excluding carboxylic acids is 1. The van der Waals surface area contributed by atoms with Gasteiger partial charge >= 0.3 is 5.97 Å². The predicted octanol–water partition coefficient (Wildman–Crippen LogP) is 3.19. The van der Waals surface area contributed by atoms with E-state index in [1.807, 2.05) is 14.0 Å². The molecule has 0 radical (unpaired) electrons. The van der Waals surface area contributed by atoms with Gasteiger partial charge in [0.25, 0.3) is 0 Å². The molecule has 0 aromatic heterocycles. The lowest BCUT2D eigenvalue weighted by atomic mass is 9.60. The van der Waals surface area contributed by atoms with Gasteiger partial charge in [0.1, 0.15) is 0 Å². The molecule has 3 rings (SSSR count). The first-order chi connectivity index (χ1) is 12.6. The van der Waals surface area contributed by atoms with Crippen LogP contribution in [0.3, 0.4) is 0 Å². The van der Waals surface area contributed by atoms with Crippen molar-refractivity contribution in [2.24, 2.45) is 16.3 Å². The molecule has 1 spiro atoms. The van der Waals surface area contributed by atoms with E-state index in [1.54, 1.807) is 0 Å². The maximum absolute atomic E-state index is 11.9. The van der Waals surface area contributed by atoms with Gasteiger partial charge in [-0.3, -0.25) is 9.79 Å². The first kappa shape index (κ1) is 22.7. The number of carbonyl (C=O) groups is 1. The molecule has 1 aliphatic heterocycles. The van der Waals surface area contributed by atoms with E-state index >= 15 is 0 Å². The van der Waals surface area contributed by atoms with Crippen LogP contribution in [0.2, 0.25) is 0 Å². The van der Waals surface area contributed by atoms with Crippen molar-refractivity contribution < 1.29 is 14.3 Å². The van der Waals surface area contributed by atoms with Crippen molar-refractivity contribution in [3.05, 3.63) is 0 Å². The summed E-state index contributed by atoms with van der Waals surface area (Å²) in [6.07, 6.45) is 8.31. The Bertz CT molecular complexity index is 515. The molecule has 6 nitrogen and oxygen atoms in total. The minimum Gasteiger partial charge on any atom is -0.466 e. The van der Waals surface area contributed by atoms with Gasteiger partial charge in [-0.2, -0.15) is 0 Å². The van der Waals surface area contributed by atoms with Crippen molar-refractivity contribution >= 4 is 35.9 Å². The second-order valence-corrected chi connectivity index (χ2v) is 7.88. The van der Waals surface area contributed by atoms with E-state index in [0.717, 1.165) is 44.9 Å². The predicted molar refractivity (Wildman–Crippen MR) is 118 cm³/mol. The van der Waals surface area contributed by atoms with Crippen LogP contribution in [-0.2, 0) is 14.3 Å². The van der Waals surface area contributed by atoms with Gasteiger partial charge in [0.15, 0.2) is 5.96 Å². The zero-order chi connectivity index (χ0) is 18.6. The highest BCUT2D eigenvalue weighted by molar-refractivity contribution is 14.0. The second-order valence-electron chi connectivity index (χ2n) is 7.88. The Morgan fingerprint density at radius 1 is 1.19 bits per heavy atom. The number of ether oxygens (including phenoxy) is 2. The molecule has 2 atom stereocenters. The number of rotatable bonds is 5. The van der Waals surface area contributed by atoms with E-state index in [2.05, 4.69) is 22.1 Å². The van der Waals surface area contributed by atoms with Crippen molar-refractivity contribution in [3.8, 4) is 0 Å². The number of hydrogen-bond acceptors (Lipinski definition) is 4. The third kappa shape index (κ3) is 4.71. The van der Waals surface area contributed by atoms with Gasteiger partial charge in [-0.15, -0.1) is 24.0 Å². The molecule has 0 bridgehead atoms. The fraction of sp³-hybridized carbons (Fsp3) is 0.900. The molecule has 1 heterocycles. The van der Waals surface area contributed by atoms with Crippen molar-refractivity contribution in [3.63, 3.8) is 0 Å². The highest BCUT2D eigenvalue weighted by Crippen LogP contribution is 2.54. The number of nitrogens with zero attached hydrogens (tertiary/aromatic N) is 2. The Balaban J connectivity index is 0.00000261. The maximum atomic E-state index is 11.9. The van der Waals surface area contributed by atoms with Crippen molar-refractivity contribution in [2.45, 2.75) is 70.9 Å². The van der Waals surface area contributed by atoms with E-state index in [9.17, 15) is 4.79 Å². The smallest absolute Gasteiger partial charge is 0.309 e. The molecular formula is C20H36IN3O3. The number of likely N-dealkylation sites (tertiary alicyclic amines) is 1. The molecule has 3 fully saturated rings. The van der Waals surface area contributed by atoms with Crippen LogP contribution in [0.25, 0.3) is 0 Å². The topological polar surface area (TPSA) is 63.2 Å². The van der Waals surface area contributed by atoms with Gasteiger partial charge in [-0.25, -0.2) is 0 Å². The first-order valence-corrected chi connectivity index (χ1v) is 10.4. The first-order valence-electron chi connectivity index (χ1n) is 10.4. The Morgan fingerprint density at radius 2 is 1.85 bits per heavy atom. The highest BCUT2D eigenvalue weighted by atomic mass is 127. The molecule has 2 unspecified atom stereocenters. The third-order valence-electron chi connectivity index (χ3n) is 6.62. The van der Waals surface area contributed by atoms with Crippen molar-refractivity contribution in [2.75, 3.05) is 33.4 Å². The molecule has 156 valence electrons. The summed E-state index contributed by atoms with van der Waals surface area (Å²) in [5, 5.41) is 3.74. The van der Waals surface area contributed by atoms with E-state index in [1.165, 1.54) is 25.7 Å². The largest absolute Gasteiger partial charge is 0.466 e. The van der Waals surface area contributed by atoms with Crippen LogP contribution in [0, 0.1) is 11.3 Å². The molecule has 0 amide bonds. The van der Waals surface area contributed by atoms with Crippen LogP contribution in [0.15, 0.2) is 4.99 Å². The van der Waals surface area contributed by atoms with Crippen molar-refractivity contribution in [1.82, 2.24) is 10.2 Å². The minimum atomic E-state index is -0.0430. The number of hydrogen-bond donors (Lipinski definition) is 1. The maximum Gasteiger partial charge on any atom is 0.309 e. The third-order valence-corrected chi connectivity index (χ3v) is 6.62. The number of guanidine groups is 1. The monoisotopic (exact) mass is 493 g/mol. The zero-order valence-corrected chi connectivity index (χ0v) is 19.4. The summed E-state index contributed by atoms with van der Waals surface area (Å²) in [5.41, 5.74) is 0.301. The van der Waals surface area contributed by atoms with Crippen LogP contribution >= 0.6 is 24.0 Å². The standard InChI is InChI=1S/C20H35N3O3.HI/c1-4-25-17-14-16(20(17)10-6-7-11-20)22-19(21-3)23-12-8-15(9-13-23)18(24)26-5-2;/h15-17H,4-14H2,1-3H3,(H,21,22);1H. The molecule has 7 heteroatoms. The lowest BCUT2D eigenvalue weighted by Gasteiger charge is -2.55. The van der Waals surface area contributed by atoms with Gasteiger partial charge in [0.05, 0.1) is 18.6 Å². The average Bonchev–Trinajstić information content (AvgIpc) is 3.18.